The van der Waals surface area contributed by atoms with E-state index in [1.807, 2.05) is 11.8 Å². The van der Waals surface area contributed by atoms with E-state index in [1.54, 1.807) is 8.92 Å². The van der Waals surface area contributed by atoms with Crippen LogP contribution in [0.1, 0.15) is 0 Å². The minimum absolute atomic E-state index is 0.122. The second kappa shape index (κ2) is 9.11. The quantitative estimate of drug-likeness (QED) is 0.238. The third-order valence-electron chi connectivity index (χ3n) is 4.00. The van der Waals surface area contributed by atoms with Crippen LogP contribution >= 0.6 is 30.4 Å². The second-order valence-electron chi connectivity index (χ2n) is 5.65. The van der Waals surface area contributed by atoms with Crippen molar-refractivity contribution >= 4 is 60.7 Å². The van der Waals surface area contributed by atoms with Gasteiger partial charge in [-0.05, 0) is 0 Å². The van der Waals surface area contributed by atoms with E-state index in [0.717, 1.165) is 0 Å². The van der Waals surface area contributed by atoms with E-state index in [9.17, 15) is 0 Å². The van der Waals surface area contributed by atoms with Gasteiger partial charge in [-0.1, -0.05) is 0 Å². The maximum atomic E-state index is 2.68. The molecule has 0 spiro atoms. The van der Waals surface area contributed by atoms with E-state index in [4.69, 9.17) is 0 Å². The summed E-state index contributed by atoms with van der Waals surface area (Å²) in [7, 11) is -0.968. The third-order valence-corrected chi connectivity index (χ3v) is 26.7. The summed E-state index contributed by atoms with van der Waals surface area (Å²) >= 11 is 4.69. The SMILES string of the molecule is I[I-][Se+](c1ccccc1)c1cccc2cccc(Sc3ccccc3)c12. The molecule has 4 heteroatoms. The topological polar surface area (TPSA) is 0 Å². The van der Waals surface area contributed by atoms with Crippen molar-refractivity contribution in [2.75, 3.05) is 0 Å². The van der Waals surface area contributed by atoms with Gasteiger partial charge in [0.15, 0.2) is 0 Å². The molecule has 0 fully saturated rings. The molecule has 4 rings (SSSR count). The molecule has 0 aliphatic carbocycles. The second-order valence-corrected chi connectivity index (χ2v) is 27.9. The molecule has 1 atom stereocenters. The Kier molecular flexibility index (Phi) is 6.59. The van der Waals surface area contributed by atoms with Gasteiger partial charge in [-0.2, -0.15) is 0 Å². The molecule has 26 heavy (non-hydrogen) atoms. The Morgan fingerprint density at radius 2 is 1.35 bits per heavy atom. The first-order chi connectivity index (χ1) is 12.9. The molecule has 0 saturated heterocycles. The van der Waals surface area contributed by atoms with E-state index in [0.29, 0.717) is 0 Å². The van der Waals surface area contributed by atoms with E-state index in [1.165, 1.54) is 20.6 Å². The Morgan fingerprint density at radius 3 is 2.04 bits per heavy atom. The summed E-state index contributed by atoms with van der Waals surface area (Å²) in [5.41, 5.74) is 0. The van der Waals surface area contributed by atoms with Crippen molar-refractivity contribution in [3.05, 3.63) is 97.1 Å². The first kappa shape index (κ1) is 18.8. The van der Waals surface area contributed by atoms with Gasteiger partial charge in [-0.25, -0.2) is 0 Å². The van der Waals surface area contributed by atoms with Crippen LogP contribution < -0.4 is 23.9 Å². The molecule has 0 radical (unpaired) electrons. The minimum atomic E-state index is -0.968. The first-order valence-corrected chi connectivity index (χ1v) is 22.2. The summed E-state index contributed by atoms with van der Waals surface area (Å²) < 4.78 is 3.15. The Bertz CT molecular complexity index is 1000. The fraction of sp³-hybridized carbons (Fsp3) is 0. The van der Waals surface area contributed by atoms with Crippen molar-refractivity contribution in [2.45, 2.75) is 9.79 Å². The van der Waals surface area contributed by atoms with Crippen molar-refractivity contribution in [3.8, 4) is 0 Å². The summed E-state index contributed by atoms with van der Waals surface area (Å²) in [5.74, 6) is 0. The van der Waals surface area contributed by atoms with E-state index < -0.39 is 10.7 Å². The first-order valence-electron chi connectivity index (χ1n) is 8.17. The van der Waals surface area contributed by atoms with Crippen molar-refractivity contribution in [3.63, 3.8) is 0 Å². The molecule has 0 aliphatic heterocycles. The van der Waals surface area contributed by atoms with Gasteiger partial charge >= 0.3 is 183 Å². The van der Waals surface area contributed by atoms with Crippen molar-refractivity contribution in [1.29, 1.82) is 0 Å². The average Bonchev–Trinajstić information content (AvgIpc) is 2.70. The predicted molar refractivity (Wildman–Crippen MR) is 120 cm³/mol. The molecule has 0 bridgehead atoms. The van der Waals surface area contributed by atoms with E-state index in [-0.39, 0.29) is 15.0 Å². The van der Waals surface area contributed by atoms with Crippen LogP contribution in [0, 0.1) is 0 Å². The number of halogens is 2. The Labute approximate surface area is 180 Å². The summed E-state index contributed by atoms with van der Waals surface area (Å²) in [5, 5.41) is 2.83. The molecular formula is C22H16I2SSe. The number of rotatable bonds is 5. The fourth-order valence-electron chi connectivity index (χ4n) is 2.86. The zero-order valence-corrected chi connectivity index (χ0v) is 20.7. The van der Waals surface area contributed by atoms with Crippen LogP contribution in [-0.4, -0.2) is 10.7 Å². The van der Waals surface area contributed by atoms with Crippen LogP contribution in [0.15, 0.2) is 107 Å². The van der Waals surface area contributed by atoms with Crippen LogP contribution in [-0.2, 0) is 0 Å². The number of hydrogen-bond donors (Lipinski definition) is 0. The molecule has 4 aromatic rings. The van der Waals surface area contributed by atoms with Gasteiger partial charge < -0.3 is 0 Å². The third kappa shape index (κ3) is 4.14. The molecule has 0 heterocycles. The van der Waals surface area contributed by atoms with Crippen molar-refractivity contribution < 1.29 is 15.0 Å². The monoisotopic (exact) mass is 646 g/mol. The summed E-state index contributed by atoms with van der Waals surface area (Å²) in [4.78, 5) is 2.68. The molecule has 0 aliphatic rings. The summed E-state index contributed by atoms with van der Waals surface area (Å²) in [6.07, 6.45) is 0. The normalized spacial score (nSPS) is 12.3. The Morgan fingerprint density at radius 1 is 0.692 bits per heavy atom. The van der Waals surface area contributed by atoms with Gasteiger partial charge in [0.2, 0.25) is 0 Å². The average molecular weight is 645 g/mol. The number of benzene rings is 4. The standard InChI is InChI=1S/C22H16I2SSe/c23-24-26(19-13-5-2-6-14-19)21-16-8-10-17-9-7-15-20(22(17)21)25-18-11-3-1-4-12-18/h1-16H. The van der Waals surface area contributed by atoms with Crippen LogP contribution in [0.25, 0.3) is 10.8 Å². The van der Waals surface area contributed by atoms with Gasteiger partial charge in [0.05, 0.1) is 0 Å². The van der Waals surface area contributed by atoms with Crippen LogP contribution in [0.2, 0.25) is 0 Å². The Hall–Kier alpha value is -0.531. The van der Waals surface area contributed by atoms with Gasteiger partial charge in [0.25, 0.3) is 0 Å². The molecule has 0 amide bonds. The van der Waals surface area contributed by atoms with Crippen LogP contribution in [0.3, 0.4) is 0 Å². The maximum absolute atomic E-state index is 2.68. The van der Waals surface area contributed by atoms with Crippen molar-refractivity contribution in [2.24, 2.45) is 0 Å². The molecule has 0 nitrogen and oxygen atoms in total. The van der Waals surface area contributed by atoms with Crippen LogP contribution in [0.4, 0.5) is 0 Å². The van der Waals surface area contributed by atoms with Gasteiger partial charge in [-0.15, -0.1) is 0 Å². The van der Waals surface area contributed by atoms with E-state index in [2.05, 4.69) is 116 Å². The summed E-state index contributed by atoms with van der Waals surface area (Å²) in [6.45, 7) is 0. The molecule has 0 aromatic heterocycles. The van der Waals surface area contributed by atoms with Gasteiger partial charge in [0, 0.05) is 0 Å². The fourth-order valence-corrected chi connectivity index (χ4v) is 25.2. The summed E-state index contributed by atoms with van der Waals surface area (Å²) in [6, 6.07) is 35.5. The van der Waals surface area contributed by atoms with Gasteiger partial charge in [-0.3, -0.25) is 0 Å². The van der Waals surface area contributed by atoms with Crippen LogP contribution in [0.5, 0.6) is 0 Å². The molecule has 130 valence electrons. The zero-order valence-electron chi connectivity index (χ0n) is 13.8. The molecule has 0 saturated carbocycles. The predicted octanol–water partition coefficient (Wildman–Crippen LogP) is 2.54. The number of hydrogen-bond acceptors (Lipinski definition) is 1. The Balaban J connectivity index is 1.87. The zero-order chi connectivity index (χ0) is 17.8. The molecular weight excluding hydrogens is 629 g/mol. The molecule has 0 N–H and O–H groups in total. The number of fused-ring (bicyclic) bond motifs is 1. The van der Waals surface area contributed by atoms with Gasteiger partial charge in [0.1, 0.15) is 0 Å². The van der Waals surface area contributed by atoms with E-state index >= 15 is 0 Å². The van der Waals surface area contributed by atoms with Crippen molar-refractivity contribution in [1.82, 2.24) is 0 Å². The molecule has 1 unspecified atom stereocenters. The molecule has 4 aromatic carbocycles.